The Bertz CT molecular complexity index is 1430. The highest BCUT2D eigenvalue weighted by Crippen LogP contribution is 2.36. The van der Waals surface area contributed by atoms with Crippen molar-refractivity contribution in [3.05, 3.63) is 107 Å². The number of benzene rings is 1. The highest BCUT2D eigenvalue weighted by atomic mass is 19.1. The second kappa shape index (κ2) is 7.79. The van der Waals surface area contributed by atoms with Crippen molar-refractivity contribution in [3.8, 4) is 0 Å². The number of aromatic amines is 1. The van der Waals surface area contributed by atoms with E-state index in [1.54, 1.807) is 36.9 Å². The molecule has 0 aliphatic carbocycles. The summed E-state index contributed by atoms with van der Waals surface area (Å²) in [6.45, 7) is 0.612. The molecule has 0 amide bonds. The number of rotatable bonds is 4. The molecule has 6 rings (SSSR count). The Morgan fingerprint density at radius 3 is 2.82 bits per heavy atom. The SMILES string of the molecule is O[C@@H](c1ccccc1)c1ccnc(N2CCc3[nH]cnc3[C@H]2c2cc3c(F)cccn3n2)n1. The van der Waals surface area contributed by atoms with Crippen molar-refractivity contribution in [2.45, 2.75) is 18.6 Å². The quantitative estimate of drug-likeness (QED) is 0.445. The molecule has 0 spiro atoms. The summed E-state index contributed by atoms with van der Waals surface area (Å²) in [5, 5.41) is 15.5. The fraction of sp³-hybridized carbons (Fsp3) is 0.167. The number of aliphatic hydroxyl groups excluding tert-OH is 1. The molecular formula is C24H20FN7O. The van der Waals surface area contributed by atoms with Crippen LogP contribution in [0.2, 0.25) is 0 Å². The maximum absolute atomic E-state index is 14.4. The summed E-state index contributed by atoms with van der Waals surface area (Å²) in [6, 6.07) is 15.5. The number of hydrogen-bond donors (Lipinski definition) is 2. The summed E-state index contributed by atoms with van der Waals surface area (Å²) in [4.78, 5) is 18.9. The van der Waals surface area contributed by atoms with Crippen LogP contribution in [0.5, 0.6) is 0 Å². The fourth-order valence-electron chi connectivity index (χ4n) is 4.38. The number of aliphatic hydroxyl groups is 1. The molecule has 4 aromatic heterocycles. The molecule has 0 bridgehead atoms. The van der Waals surface area contributed by atoms with E-state index in [0.29, 0.717) is 29.4 Å². The van der Waals surface area contributed by atoms with Gasteiger partial charge in [-0.2, -0.15) is 5.10 Å². The number of imidazole rings is 1. The van der Waals surface area contributed by atoms with Crippen molar-refractivity contribution in [2.75, 3.05) is 11.4 Å². The van der Waals surface area contributed by atoms with Gasteiger partial charge < -0.3 is 15.0 Å². The first-order chi connectivity index (χ1) is 16.2. The Balaban J connectivity index is 1.44. The largest absolute Gasteiger partial charge is 0.382 e. The lowest BCUT2D eigenvalue weighted by Gasteiger charge is -2.34. The third-order valence-electron chi connectivity index (χ3n) is 5.99. The smallest absolute Gasteiger partial charge is 0.226 e. The lowest BCUT2D eigenvalue weighted by Crippen LogP contribution is -2.38. The zero-order valence-electron chi connectivity index (χ0n) is 17.5. The number of anilines is 1. The molecular weight excluding hydrogens is 421 g/mol. The van der Waals surface area contributed by atoms with Gasteiger partial charge in [-0.05, 0) is 29.8 Å². The number of hydrogen-bond acceptors (Lipinski definition) is 6. The second-order valence-electron chi connectivity index (χ2n) is 7.96. The van der Waals surface area contributed by atoms with Crippen LogP contribution in [0.15, 0.2) is 73.3 Å². The zero-order valence-corrected chi connectivity index (χ0v) is 17.5. The number of pyridine rings is 1. The predicted molar refractivity (Wildman–Crippen MR) is 119 cm³/mol. The standard InChI is InChI=1S/C24H20FN7O/c25-16-7-4-11-32-20(16)13-19(30-32)22-21-17(27-14-28-21)9-12-31(22)24-26-10-8-18(29-24)23(33)15-5-2-1-3-6-15/h1-8,10-11,13-14,22-23,33H,9,12H2,(H,27,28)/t22-,23+/m1/s1. The number of H-pyrrole nitrogens is 1. The Kier molecular flexibility index (Phi) is 4.62. The van der Waals surface area contributed by atoms with Crippen molar-refractivity contribution in [3.63, 3.8) is 0 Å². The van der Waals surface area contributed by atoms with Crippen LogP contribution in [0.25, 0.3) is 5.52 Å². The Morgan fingerprint density at radius 1 is 1.09 bits per heavy atom. The van der Waals surface area contributed by atoms with E-state index in [-0.39, 0.29) is 5.82 Å². The molecule has 8 nitrogen and oxygen atoms in total. The third kappa shape index (κ3) is 3.33. The normalized spacial score (nSPS) is 16.7. The van der Waals surface area contributed by atoms with Crippen LogP contribution in [-0.4, -0.2) is 41.2 Å². The number of nitrogens with zero attached hydrogens (tertiary/aromatic N) is 6. The Labute approximate surface area is 188 Å². The van der Waals surface area contributed by atoms with E-state index in [1.165, 1.54) is 10.6 Å². The minimum Gasteiger partial charge on any atom is -0.382 e. The molecule has 0 saturated heterocycles. The Morgan fingerprint density at radius 2 is 1.97 bits per heavy atom. The van der Waals surface area contributed by atoms with Gasteiger partial charge in [0, 0.05) is 31.1 Å². The van der Waals surface area contributed by atoms with Crippen LogP contribution in [-0.2, 0) is 6.42 Å². The van der Waals surface area contributed by atoms with Gasteiger partial charge in [-0.25, -0.2) is 23.9 Å². The maximum Gasteiger partial charge on any atom is 0.226 e. The lowest BCUT2D eigenvalue weighted by molar-refractivity contribution is 0.215. The number of fused-ring (bicyclic) bond motifs is 2. The van der Waals surface area contributed by atoms with E-state index < -0.39 is 12.1 Å². The highest BCUT2D eigenvalue weighted by Gasteiger charge is 2.35. The molecule has 164 valence electrons. The first kappa shape index (κ1) is 19.6. The lowest BCUT2D eigenvalue weighted by atomic mass is 10.00. The molecule has 1 aliphatic heterocycles. The van der Waals surface area contributed by atoms with Crippen molar-refractivity contribution in [1.29, 1.82) is 0 Å². The summed E-state index contributed by atoms with van der Waals surface area (Å²) in [6.07, 6.45) is 4.87. The molecule has 5 aromatic rings. The molecule has 9 heteroatoms. The van der Waals surface area contributed by atoms with E-state index in [4.69, 9.17) is 4.98 Å². The van der Waals surface area contributed by atoms with Gasteiger partial charge in [-0.15, -0.1) is 0 Å². The fourth-order valence-corrected chi connectivity index (χ4v) is 4.38. The molecule has 0 radical (unpaired) electrons. The van der Waals surface area contributed by atoms with E-state index in [2.05, 4.69) is 20.1 Å². The van der Waals surface area contributed by atoms with Gasteiger partial charge in [0.1, 0.15) is 23.5 Å². The van der Waals surface area contributed by atoms with Crippen LogP contribution in [0.4, 0.5) is 10.3 Å². The first-order valence-electron chi connectivity index (χ1n) is 10.7. The number of nitrogens with one attached hydrogen (secondary N) is 1. The van der Waals surface area contributed by atoms with Crippen molar-refractivity contribution in [2.24, 2.45) is 0 Å². The van der Waals surface area contributed by atoms with Gasteiger partial charge in [-0.1, -0.05) is 30.3 Å². The van der Waals surface area contributed by atoms with Gasteiger partial charge >= 0.3 is 0 Å². The van der Waals surface area contributed by atoms with Gasteiger partial charge in [-0.3, -0.25) is 0 Å². The van der Waals surface area contributed by atoms with Crippen LogP contribution in [0.1, 0.15) is 40.5 Å². The topological polar surface area (TPSA) is 95.2 Å². The van der Waals surface area contributed by atoms with E-state index >= 15 is 0 Å². The molecule has 0 saturated carbocycles. The van der Waals surface area contributed by atoms with Crippen LogP contribution >= 0.6 is 0 Å². The van der Waals surface area contributed by atoms with Crippen LogP contribution in [0.3, 0.4) is 0 Å². The van der Waals surface area contributed by atoms with Crippen LogP contribution in [0, 0.1) is 5.82 Å². The predicted octanol–water partition coefficient (Wildman–Crippen LogP) is 3.22. The summed E-state index contributed by atoms with van der Waals surface area (Å²) in [5.41, 5.74) is 4.11. The van der Waals surface area contributed by atoms with E-state index in [1.807, 2.05) is 35.2 Å². The van der Waals surface area contributed by atoms with Crippen molar-refractivity contribution in [1.82, 2.24) is 29.5 Å². The Hall–Kier alpha value is -4.11. The average Bonchev–Trinajstić information content (AvgIpc) is 3.51. The third-order valence-corrected chi connectivity index (χ3v) is 5.99. The summed E-state index contributed by atoms with van der Waals surface area (Å²) in [7, 11) is 0. The second-order valence-corrected chi connectivity index (χ2v) is 7.96. The molecule has 2 atom stereocenters. The minimum atomic E-state index is -0.874. The molecule has 0 unspecified atom stereocenters. The van der Waals surface area contributed by atoms with Crippen molar-refractivity contribution >= 4 is 11.5 Å². The van der Waals surface area contributed by atoms with Crippen LogP contribution < -0.4 is 4.90 Å². The monoisotopic (exact) mass is 441 g/mol. The van der Waals surface area contributed by atoms with Crippen molar-refractivity contribution < 1.29 is 9.50 Å². The molecule has 5 heterocycles. The maximum atomic E-state index is 14.4. The highest BCUT2D eigenvalue weighted by molar-refractivity contribution is 5.53. The number of aromatic nitrogens is 6. The van der Waals surface area contributed by atoms with Gasteiger partial charge in [0.2, 0.25) is 5.95 Å². The molecule has 1 aliphatic rings. The van der Waals surface area contributed by atoms with E-state index in [9.17, 15) is 9.50 Å². The molecule has 1 aromatic carbocycles. The summed E-state index contributed by atoms with van der Waals surface area (Å²) >= 11 is 0. The summed E-state index contributed by atoms with van der Waals surface area (Å²) < 4.78 is 15.9. The van der Waals surface area contributed by atoms with Gasteiger partial charge in [0.25, 0.3) is 0 Å². The minimum absolute atomic E-state index is 0.343. The zero-order chi connectivity index (χ0) is 22.4. The average molecular weight is 441 g/mol. The first-order valence-corrected chi connectivity index (χ1v) is 10.7. The molecule has 2 N–H and O–H groups in total. The number of halogens is 1. The van der Waals surface area contributed by atoms with Gasteiger partial charge in [0.15, 0.2) is 0 Å². The summed E-state index contributed by atoms with van der Waals surface area (Å²) in [5.74, 6) is 0.115. The molecule has 33 heavy (non-hydrogen) atoms. The van der Waals surface area contributed by atoms with Gasteiger partial charge in [0.05, 0.1) is 23.4 Å². The molecule has 0 fully saturated rings. The van der Waals surface area contributed by atoms with E-state index in [0.717, 1.165) is 23.4 Å².